The molecule has 0 spiro atoms. The first-order valence-corrected chi connectivity index (χ1v) is 6.90. The van der Waals surface area contributed by atoms with Crippen LogP contribution in [0.1, 0.15) is 5.56 Å². The lowest BCUT2D eigenvalue weighted by Gasteiger charge is -2.16. The molecule has 2 rings (SSSR count). The molecule has 0 radical (unpaired) electrons. The monoisotopic (exact) mass is 338 g/mol. The number of halogens is 2. The fourth-order valence-corrected chi connectivity index (χ4v) is 2.14. The van der Waals surface area contributed by atoms with Gasteiger partial charge in [-0.05, 0) is 45.8 Å². The van der Waals surface area contributed by atoms with Crippen LogP contribution in [-0.2, 0) is 6.61 Å². The van der Waals surface area contributed by atoms with Crippen molar-refractivity contribution in [3.63, 3.8) is 0 Å². The third-order valence-electron chi connectivity index (χ3n) is 2.89. The molecule has 0 heterocycles. The number of ether oxygens (including phenoxy) is 1. The number of hydrogen-bond donors (Lipinski definition) is 1. The first-order valence-electron chi connectivity index (χ1n) is 6.11. The summed E-state index contributed by atoms with van der Waals surface area (Å²) in [6, 6.07) is 10.4. The first-order chi connectivity index (χ1) is 9.47. The van der Waals surface area contributed by atoms with Crippen LogP contribution < -0.4 is 15.4 Å². The van der Waals surface area contributed by atoms with Crippen LogP contribution in [0.2, 0.25) is 0 Å². The topological polar surface area (TPSA) is 38.5 Å². The summed E-state index contributed by atoms with van der Waals surface area (Å²) in [5.74, 6) is 0.333. The molecule has 0 unspecified atom stereocenters. The maximum Gasteiger partial charge on any atom is 0.144 e. The molecule has 3 nitrogen and oxygen atoms in total. The molecule has 2 N–H and O–H groups in total. The number of hydrogen-bond acceptors (Lipinski definition) is 3. The van der Waals surface area contributed by atoms with E-state index in [4.69, 9.17) is 10.5 Å². The van der Waals surface area contributed by atoms with Crippen molar-refractivity contribution in [2.75, 3.05) is 24.7 Å². The van der Waals surface area contributed by atoms with Gasteiger partial charge < -0.3 is 15.4 Å². The van der Waals surface area contributed by atoms with Crippen LogP contribution in [0.25, 0.3) is 0 Å². The smallest absolute Gasteiger partial charge is 0.144 e. The zero-order chi connectivity index (χ0) is 14.7. The predicted molar refractivity (Wildman–Crippen MR) is 83.6 cm³/mol. The molecule has 0 aromatic heterocycles. The molecule has 0 saturated heterocycles. The van der Waals surface area contributed by atoms with Crippen molar-refractivity contribution in [2.24, 2.45) is 0 Å². The highest BCUT2D eigenvalue weighted by atomic mass is 79.9. The molecule has 0 bridgehead atoms. The number of benzene rings is 2. The first kappa shape index (κ1) is 14.7. The number of nitrogens with zero attached hydrogens (tertiary/aromatic N) is 1. The van der Waals surface area contributed by atoms with E-state index >= 15 is 0 Å². The van der Waals surface area contributed by atoms with Crippen LogP contribution in [0.3, 0.4) is 0 Å². The third-order valence-corrected chi connectivity index (χ3v) is 3.50. The van der Waals surface area contributed by atoms with Gasteiger partial charge in [0.15, 0.2) is 0 Å². The van der Waals surface area contributed by atoms with Gasteiger partial charge in [0.1, 0.15) is 18.2 Å². The van der Waals surface area contributed by atoms with Crippen molar-refractivity contribution in [3.8, 4) is 5.75 Å². The summed E-state index contributed by atoms with van der Waals surface area (Å²) in [5, 5.41) is 0. The van der Waals surface area contributed by atoms with Gasteiger partial charge in [-0.15, -0.1) is 0 Å². The molecule has 0 aliphatic rings. The Kier molecular flexibility index (Phi) is 4.49. The Bertz CT molecular complexity index is 617. The van der Waals surface area contributed by atoms with E-state index < -0.39 is 0 Å². The van der Waals surface area contributed by atoms with E-state index in [1.54, 1.807) is 12.1 Å². The Balaban J connectivity index is 2.13. The van der Waals surface area contributed by atoms with Gasteiger partial charge in [-0.3, -0.25) is 0 Å². The Labute approximate surface area is 126 Å². The number of nitrogens with two attached hydrogens (primary N) is 1. The van der Waals surface area contributed by atoms with Crippen molar-refractivity contribution in [1.29, 1.82) is 0 Å². The second-order valence-electron chi connectivity index (χ2n) is 4.65. The number of nitrogen functional groups attached to an aromatic ring is 1. The van der Waals surface area contributed by atoms with Crippen molar-refractivity contribution in [2.45, 2.75) is 6.61 Å². The van der Waals surface area contributed by atoms with Crippen LogP contribution >= 0.6 is 15.9 Å². The van der Waals surface area contributed by atoms with Gasteiger partial charge in [0.05, 0.1) is 10.2 Å². The van der Waals surface area contributed by atoms with E-state index in [-0.39, 0.29) is 5.82 Å². The highest BCUT2D eigenvalue weighted by Gasteiger charge is 2.06. The Hall–Kier alpha value is -1.75. The molecule has 106 valence electrons. The summed E-state index contributed by atoms with van der Waals surface area (Å²) in [4.78, 5) is 1.97. The van der Waals surface area contributed by atoms with Crippen molar-refractivity contribution in [3.05, 3.63) is 52.3 Å². The summed E-state index contributed by atoms with van der Waals surface area (Å²) >= 11 is 3.16. The molecular weight excluding hydrogens is 323 g/mol. The molecule has 2 aromatic rings. The SMILES string of the molecule is CN(C)c1ccc(N)c(OCc2ccc(F)c(Br)c2)c1. The Morgan fingerprint density at radius 2 is 1.95 bits per heavy atom. The summed E-state index contributed by atoms with van der Waals surface area (Å²) < 4.78 is 19.3. The van der Waals surface area contributed by atoms with E-state index in [1.807, 2.05) is 37.2 Å². The second-order valence-corrected chi connectivity index (χ2v) is 5.51. The van der Waals surface area contributed by atoms with Crippen molar-refractivity contribution < 1.29 is 9.13 Å². The molecule has 5 heteroatoms. The van der Waals surface area contributed by atoms with Gasteiger partial charge >= 0.3 is 0 Å². The van der Waals surface area contributed by atoms with E-state index in [9.17, 15) is 4.39 Å². The molecular formula is C15H16BrFN2O. The highest BCUT2D eigenvalue weighted by molar-refractivity contribution is 9.10. The number of rotatable bonds is 4. The summed E-state index contributed by atoms with van der Waals surface area (Å²) in [5.41, 5.74) is 8.35. The lowest BCUT2D eigenvalue weighted by molar-refractivity contribution is 0.308. The minimum absolute atomic E-state index is 0.289. The number of anilines is 2. The van der Waals surface area contributed by atoms with Crippen molar-refractivity contribution in [1.82, 2.24) is 0 Å². The largest absolute Gasteiger partial charge is 0.487 e. The standard InChI is InChI=1S/C15H16BrFN2O/c1-19(2)11-4-6-14(18)15(8-11)20-9-10-3-5-13(17)12(16)7-10/h3-8H,9,18H2,1-2H3. The van der Waals surface area contributed by atoms with Gasteiger partial charge in [0.25, 0.3) is 0 Å². The predicted octanol–water partition coefficient (Wildman–Crippen LogP) is 3.82. The molecule has 0 atom stereocenters. The van der Waals surface area contributed by atoms with Gasteiger partial charge in [0, 0.05) is 25.8 Å². The molecule has 0 aliphatic carbocycles. The average molecular weight is 339 g/mol. The normalized spacial score (nSPS) is 10.4. The van der Waals surface area contributed by atoms with E-state index in [2.05, 4.69) is 15.9 Å². The molecule has 0 saturated carbocycles. The lowest BCUT2D eigenvalue weighted by Crippen LogP contribution is -2.09. The van der Waals surface area contributed by atoms with Gasteiger partial charge in [-0.1, -0.05) is 6.07 Å². The molecule has 2 aromatic carbocycles. The molecule has 0 amide bonds. The summed E-state index contributed by atoms with van der Waals surface area (Å²) in [7, 11) is 3.90. The van der Waals surface area contributed by atoms with Gasteiger partial charge in [-0.25, -0.2) is 4.39 Å². The zero-order valence-corrected chi connectivity index (χ0v) is 12.9. The molecule has 20 heavy (non-hydrogen) atoms. The van der Waals surface area contributed by atoms with Crippen LogP contribution in [-0.4, -0.2) is 14.1 Å². The van der Waals surface area contributed by atoms with Crippen molar-refractivity contribution >= 4 is 27.3 Å². The molecule has 0 aliphatic heterocycles. The van der Waals surface area contributed by atoms with Gasteiger partial charge in [0.2, 0.25) is 0 Å². The Morgan fingerprint density at radius 1 is 1.20 bits per heavy atom. The fraction of sp³-hybridized carbons (Fsp3) is 0.200. The molecule has 0 fully saturated rings. The quantitative estimate of drug-likeness (QED) is 0.861. The zero-order valence-electron chi connectivity index (χ0n) is 11.4. The minimum Gasteiger partial charge on any atom is -0.487 e. The van der Waals surface area contributed by atoms with E-state index in [0.717, 1.165) is 11.3 Å². The Morgan fingerprint density at radius 3 is 2.60 bits per heavy atom. The second kappa shape index (κ2) is 6.13. The minimum atomic E-state index is -0.289. The third kappa shape index (κ3) is 3.42. The van der Waals surface area contributed by atoms with Crippen LogP contribution in [0.15, 0.2) is 40.9 Å². The van der Waals surface area contributed by atoms with Crippen LogP contribution in [0.5, 0.6) is 5.75 Å². The highest BCUT2D eigenvalue weighted by Crippen LogP contribution is 2.28. The maximum atomic E-state index is 13.2. The van der Waals surface area contributed by atoms with E-state index in [0.29, 0.717) is 22.5 Å². The van der Waals surface area contributed by atoms with Crippen LogP contribution in [0, 0.1) is 5.82 Å². The average Bonchev–Trinajstić information content (AvgIpc) is 2.41. The lowest BCUT2D eigenvalue weighted by atomic mass is 10.2. The summed E-state index contributed by atoms with van der Waals surface area (Å²) in [6.07, 6.45) is 0. The van der Waals surface area contributed by atoms with Gasteiger partial charge in [-0.2, -0.15) is 0 Å². The summed E-state index contributed by atoms with van der Waals surface area (Å²) in [6.45, 7) is 0.333. The van der Waals surface area contributed by atoms with E-state index in [1.165, 1.54) is 6.07 Å². The maximum absolute atomic E-state index is 13.2. The van der Waals surface area contributed by atoms with Crippen LogP contribution in [0.4, 0.5) is 15.8 Å². The fourth-order valence-electron chi connectivity index (χ4n) is 1.72.